The molecule has 0 bridgehead atoms. The maximum absolute atomic E-state index is 10.6. The summed E-state index contributed by atoms with van der Waals surface area (Å²) < 4.78 is 0. The van der Waals surface area contributed by atoms with Gasteiger partial charge in [-0.2, -0.15) is 0 Å². The van der Waals surface area contributed by atoms with E-state index < -0.39 is 0 Å². The number of amides is 1. The van der Waals surface area contributed by atoms with Gasteiger partial charge in [-0.15, -0.1) is 0 Å². The predicted octanol–water partition coefficient (Wildman–Crippen LogP) is 2.42. The Kier molecular flexibility index (Phi) is 6.54. The third-order valence-electron chi connectivity index (χ3n) is 4.01. The Balaban J connectivity index is 1.66. The lowest BCUT2D eigenvalue weighted by atomic mass is 10.1. The van der Waals surface area contributed by atoms with E-state index in [0.717, 1.165) is 25.9 Å². The van der Waals surface area contributed by atoms with Gasteiger partial charge in [0.25, 0.3) is 0 Å². The van der Waals surface area contributed by atoms with E-state index in [0.29, 0.717) is 6.42 Å². The molecular formula is C17H27N3O. The molecule has 1 heterocycles. The molecule has 1 saturated heterocycles. The average molecular weight is 289 g/mol. The van der Waals surface area contributed by atoms with Crippen molar-refractivity contribution >= 4 is 11.6 Å². The van der Waals surface area contributed by atoms with E-state index in [1.165, 1.54) is 43.6 Å². The Morgan fingerprint density at radius 1 is 1.10 bits per heavy atom. The van der Waals surface area contributed by atoms with Gasteiger partial charge in [-0.05, 0) is 56.3 Å². The second kappa shape index (κ2) is 8.67. The Morgan fingerprint density at radius 3 is 2.48 bits per heavy atom. The SMILES string of the molecule is NC(=O)CCCCNCc1ccc(N2CCCCC2)cc1. The van der Waals surface area contributed by atoms with Crippen molar-refractivity contribution in [3.8, 4) is 0 Å². The fraction of sp³-hybridized carbons (Fsp3) is 0.588. The summed E-state index contributed by atoms with van der Waals surface area (Å²) in [6.45, 7) is 4.20. The lowest BCUT2D eigenvalue weighted by Crippen LogP contribution is -2.29. The molecule has 116 valence electrons. The number of unbranched alkanes of at least 4 members (excludes halogenated alkanes) is 1. The zero-order chi connectivity index (χ0) is 14.9. The average Bonchev–Trinajstić information content (AvgIpc) is 2.52. The molecule has 1 aromatic carbocycles. The van der Waals surface area contributed by atoms with Crippen LogP contribution in [0.5, 0.6) is 0 Å². The zero-order valence-corrected chi connectivity index (χ0v) is 12.8. The number of benzene rings is 1. The minimum absolute atomic E-state index is 0.205. The minimum atomic E-state index is -0.205. The number of carbonyl (C=O) groups is 1. The number of hydrogen-bond donors (Lipinski definition) is 2. The lowest BCUT2D eigenvalue weighted by Gasteiger charge is -2.28. The van der Waals surface area contributed by atoms with Gasteiger partial charge in [-0.3, -0.25) is 4.79 Å². The number of carbonyl (C=O) groups excluding carboxylic acids is 1. The number of hydrogen-bond acceptors (Lipinski definition) is 3. The van der Waals surface area contributed by atoms with E-state index in [1.54, 1.807) is 0 Å². The summed E-state index contributed by atoms with van der Waals surface area (Å²) in [5.41, 5.74) is 7.77. The van der Waals surface area contributed by atoms with Crippen LogP contribution in [-0.4, -0.2) is 25.5 Å². The van der Waals surface area contributed by atoms with E-state index in [9.17, 15) is 4.79 Å². The summed E-state index contributed by atoms with van der Waals surface area (Å²) in [5.74, 6) is -0.205. The van der Waals surface area contributed by atoms with E-state index in [2.05, 4.69) is 34.5 Å². The lowest BCUT2D eigenvalue weighted by molar-refractivity contribution is -0.118. The summed E-state index contributed by atoms with van der Waals surface area (Å²) in [4.78, 5) is 13.1. The molecule has 1 fully saturated rings. The molecule has 1 aromatic rings. The molecule has 0 aliphatic carbocycles. The molecule has 0 saturated carbocycles. The van der Waals surface area contributed by atoms with Crippen LogP contribution >= 0.6 is 0 Å². The topological polar surface area (TPSA) is 58.4 Å². The van der Waals surface area contributed by atoms with Gasteiger partial charge in [-0.25, -0.2) is 0 Å². The Hall–Kier alpha value is -1.55. The summed E-state index contributed by atoms with van der Waals surface area (Å²) in [7, 11) is 0. The van der Waals surface area contributed by atoms with Gasteiger partial charge in [0.1, 0.15) is 0 Å². The van der Waals surface area contributed by atoms with E-state index >= 15 is 0 Å². The maximum atomic E-state index is 10.6. The van der Waals surface area contributed by atoms with Gasteiger partial charge in [0.05, 0.1) is 0 Å². The van der Waals surface area contributed by atoms with Gasteiger partial charge >= 0.3 is 0 Å². The molecule has 0 atom stereocenters. The van der Waals surface area contributed by atoms with Crippen molar-refractivity contribution in [1.82, 2.24) is 5.32 Å². The Bertz CT molecular complexity index is 424. The highest BCUT2D eigenvalue weighted by molar-refractivity contribution is 5.73. The van der Waals surface area contributed by atoms with Gasteiger partial charge in [0.15, 0.2) is 0 Å². The molecule has 0 spiro atoms. The Morgan fingerprint density at radius 2 is 1.81 bits per heavy atom. The number of nitrogens with two attached hydrogens (primary N) is 1. The van der Waals surface area contributed by atoms with Gasteiger partial charge < -0.3 is 16.0 Å². The minimum Gasteiger partial charge on any atom is -0.372 e. The normalized spacial score (nSPS) is 15.1. The number of piperidine rings is 1. The highest BCUT2D eigenvalue weighted by atomic mass is 16.1. The van der Waals surface area contributed by atoms with Crippen molar-refractivity contribution in [3.63, 3.8) is 0 Å². The monoisotopic (exact) mass is 289 g/mol. The molecule has 0 aromatic heterocycles. The van der Waals surface area contributed by atoms with Crippen molar-refractivity contribution in [2.45, 2.75) is 45.1 Å². The van der Waals surface area contributed by atoms with Gasteiger partial charge in [0.2, 0.25) is 5.91 Å². The third-order valence-corrected chi connectivity index (χ3v) is 4.01. The highest BCUT2D eigenvalue weighted by Gasteiger charge is 2.10. The number of primary amides is 1. The quantitative estimate of drug-likeness (QED) is 0.723. The van der Waals surface area contributed by atoms with Gasteiger partial charge in [-0.1, -0.05) is 12.1 Å². The number of rotatable bonds is 8. The molecule has 1 aliphatic heterocycles. The molecule has 4 heteroatoms. The molecule has 2 rings (SSSR count). The van der Waals surface area contributed by atoms with Crippen LogP contribution in [0.15, 0.2) is 24.3 Å². The summed E-state index contributed by atoms with van der Waals surface area (Å²) in [6, 6.07) is 8.88. The summed E-state index contributed by atoms with van der Waals surface area (Å²) in [5, 5.41) is 3.41. The van der Waals surface area contributed by atoms with Crippen LogP contribution in [0.4, 0.5) is 5.69 Å². The van der Waals surface area contributed by atoms with Gasteiger partial charge in [0, 0.05) is 31.7 Å². The van der Waals surface area contributed by atoms with Crippen LogP contribution in [0.25, 0.3) is 0 Å². The second-order valence-corrected chi connectivity index (χ2v) is 5.81. The summed E-state index contributed by atoms with van der Waals surface area (Å²) in [6.07, 6.45) is 6.36. The smallest absolute Gasteiger partial charge is 0.217 e. The first kappa shape index (κ1) is 15.8. The largest absolute Gasteiger partial charge is 0.372 e. The van der Waals surface area contributed by atoms with E-state index in [1.807, 2.05) is 0 Å². The molecule has 1 amide bonds. The Labute approximate surface area is 127 Å². The van der Waals surface area contributed by atoms with E-state index in [-0.39, 0.29) is 5.91 Å². The first-order chi connectivity index (χ1) is 10.3. The third kappa shape index (κ3) is 5.76. The predicted molar refractivity (Wildman–Crippen MR) is 87.3 cm³/mol. The maximum Gasteiger partial charge on any atom is 0.217 e. The first-order valence-electron chi connectivity index (χ1n) is 8.08. The van der Waals surface area contributed by atoms with Crippen LogP contribution in [0.2, 0.25) is 0 Å². The van der Waals surface area contributed by atoms with E-state index in [4.69, 9.17) is 5.73 Å². The van der Waals surface area contributed by atoms with Crippen molar-refractivity contribution in [3.05, 3.63) is 29.8 Å². The number of nitrogens with one attached hydrogen (secondary N) is 1. The molecule has 3 N–H and O–H groups in total. The standard InChI is InChI=1S/C17H27N3O/c18-17(21)6-2-3-11-19-14-15-7-9-16(10-8-15)20-12-4-1-5-13-20/h7-10,19H,1-6,11-14H2,(H2,18,21). The number of anilines is 1. The molecular weight excluding hydrogens is 262 g/mol. The van der Waals surface area contributed by atoms with Crippen molar-refractivity contribution in [1.29, 1.82) is 0 Å². The molecule has 21 heavy (non-hydrogen) atoms. The molecule has 1 aliphatic rings. The zero-order valence-electron chi connectivity index (χ0n) is 12.8. The molecule has 0 radical (unpaired) electrons. The summed E-state index contributed by atoms with van der Waals surface area (Å²) >= 11 is 0. The van der Waals surface area contributed by atoms with Crippen LogP contribution < -0.4 is 16.0 Å². The van der Waals surface area contributed by atoms with Crippen molar-refractivity contribution < 1.29 is 4.79 Å². The number of nitrogens with zero attached hydrogens (tertiary/aromatic N) is 1. The fourth-order valence-electron chi connectivity index (χ4n) is 2.76. The molecule has 0 unspecified atom stereocenters. The first-order valence-corrected chi connectivity index (χ1v) is 8.08. The van der Waals surface area contributed by atoms with Crippen molar-refractivity contribution in [2.24, 2.45) is 5.73 Å². The fourth-order valence-corrected chi connectivity index (χ4v) is 2.76. The molecule has 4 nitrogen and oxygen atoms in total. The van der Waals surface area contributed by atoms with Crippen LogP contribution in [0.1, 0.15) is 44.1 Å². The van der Waals surface area contributed by atoms with Crippen LogP contribution in [0.3, 0.4) is 0 Å². The van der Waals surface area contributed by atoms with Crippen LogP contribution in [0, 0.1) is 0 Å². The highest BCUT2D eigenvalue weighted by Crippen LogP contribution is 2.20. The van der Waals surface area contributed by atoms with Crippen molar-refractivity contribution in [2.75, 3.05) is 24.5 Å². The second-order valence-electron chi connectivity index (χ2n) is 5.81. The van der Waals surface area contributed by atoms with Crippen LogP contribution in [-0.2, 0) is 11.3 Å².